The van der Waals surface area contributed by atoms with Gasteiger partial charge >= 0.3 is 12.4 Å². The van der Waals surface area contributed by atoms with E-state index in [4.69, 9.17) is 0 Å². The van der Waals surface area contributed by atoms with Gasteiger partial charge in [-0.2, -0.15) is 26.3 Å². The van der Waals surface area contributed by atoms with Gasteiger partial charge in [0.25, 0.3) is 0 Å². The highest BCUT2D eigenvalue weighted by Gasteiger charge is 2.34. The summed E-state index contributed by atoms with van der Waals surface area (Å²) >= 11 is 0. The third kappa shape index (κ3) is 3.32. The minimum Gasteiger partial charge on any atom is -0.256 e. The second-order valence-electron chi connectivity index (χ2n) is 4.12. The summed E-state index contributed by atoms with van der Waals surface area (Å²) in [4.78, 5) is 3.46. The lowest BCUT2D eigenvalue weighted by Crippen LogP contribution is -2.08. The molecule has 0 saturated heterocycles. The van der Waals surface area contributed by atoms with E-state index in [0.717, 1.165) is 12.1 Å². The summed E-state index contributed by atoms with van der Waals surface area (Å²) in [7, 11) is 0. The van der Waals surface area contributed by atoms with Crippen LogP contribution in [0.15, 0.2) is 36.5 Å². The number of halogens is 7. The molecule has 0 saturated carbocycles. The van der Waals surface area contributed by atoms with Gasteiger partial charge < -0.3 is 0 Å². The van der Waals surface area contributed by atoms with E-state index in [1.165, 1.54) is 0 Å². The summed E-state index contributed by atoms with van der Waals surface area (Å²) < 4.78 is 87.9. The van der Waals surface area contributed by atoms with Crippen molar-refractivity contribution in [1.82, 2.24) is 4.98 Å². The highest BCUT2D eigenvalue weighted by molar-refractivity contribution is 5.60. The molecule has 112 valence electrons. The molecule has 1 aromatic heterocycles. The number of hydrogen-bond acceptors (Lipinski definition) is 1. The van der Waals surface area contributed by atoms with Crippen LogP contribution in [0, 0.1) is 5.82 Å². The molecule has 0 bridgehead atoms. The Kier molecular flexibility index (Phi) is 3.65. The minimum absolute atomic E-state index is 0.117. The van der Waals surface area contributed by atoms with Crippen LogP contribution in [0.4, 0.5) is 30.7 Å². The van der Waals surface area contributed by atoms with Crippen molar-refractivity contribution in [2.24, 2.45) is 0 Å². The molecule has 0 aliphatic heterocycles. The van der Waals surface area contributed by atoms with E-state index < -0.39 is 29.3 Å². The Bertz CT molecular complexity index is 641. The van der Waals surface area contributed by atoms with Crippen LogP contribution in [-0.4, -0.2) is 4.98 Å². The maximum absolute atomic E-state index is 13.1. The Balaban J connectivity index is 2.44. The summed E-state index contributed by atoms with van der Waals surface area (Å²) in [6, 6.07) is 3.73. The van der Waals surface area contributed by atoms with Crippen LogP contribution < -0.4 is 0 Å². The maximum Gasteiger partial charge on any atom is 0.419 e. The van der Waals surface area contributed by atoms with Gasteiger partial charge in [-0.25, -0.2) is 4.39 Å². The number of rotatable bonds is 1. The lowest BCUT2D eigenvalue weighted by atomic mass is 10.1. The monoisotopic (exact) mass is 309 g/mol. The van der Waals surface area contributed by atoms with Gasteiger partial charge in [-0.1, -0.05) is 0 Å². The molecule has 1 aromatic carbocycles. The van der Waals surface area contributed by atoms with E-state index >= 15 is 0 Å². The summed E-state index contributed by atoms with van der Waals surface area (Å²) in [6.45, 7) is 0. The van der Waals surface area contributed by atoms with Crippen LogP contribution in [-0.2, 0) is 12.4 Å². The molecular formula is C13H6F7N. The zero-order chi connectivity index (χ0) is 15.8. The summed E-state index contributed by atoms with van der Waals surface area (Å²) in [6.07, 6.45) is -8.98. The standard InChI is InChI=1S/C13H6F7N/c14-10-3-1-7(5-9(10)13(18,19)20)11-4-2-8(6-21-11)12(15,16)17/h1-6H. The molecule has 0 atom stereocenters. The number of aromatic nitrogens is 1. The Morgan fingerprint density at radius 1 is 0.810 bits per heavy atom. The Morgan fingerprint density at radius 2 is 1.48 bits per heavy atom. The van der Waals surface area contributed by atoms with Crippen LogP contribution in [0.3, 0.4) is 0 Å². The van der Waals surface area contributed by atoms with Crippen LogP contribution in [0.1, 0.15) is 11.1 Å². The molecule has 0 aliphatic carbocycles. The Hall–Kier alpha value is -2.12. The first-order valence-corrected chi connectivity index (χ1v) is 5.49. The first-order valence-electron chi connectivity index (χ1n) is 5.49. The van der Waals surface area contributed by atoms with Crippen molar-refractivity contribution in [3.05, 3.63) is 53.5 Å². The number of hydrogen-bond donors (Lipinski definition) is 0. The largest absolute Gasteiger partial charge is 0.419 e. The van der Waals surface area contributed by atoms with Gasteiger partial charge in [0.1, 0.15) is 5.82 Å². The average molecular weight is 309 g/mol. The first kappa shape index (κ1) is 15.3. The second-order valence-corrected chi connectivity index (χ2v) is 4.12. The second kappa shape index (κ2) is 5.01. The van der Waals surface area contributed by atoms with Crippen LogP contribution >= 0.6 is 0 Å². The fourth-order valence-corrected chi connectivity index (χ4v) is 1.63. The lowest BCUT2D eigenvalue weighted by Gasteiger charge is -2.10. The molecule has 1 nitrogen and oxygen atoms in total. The fraction of sp³-hybridized carbons (Fsp3) is 0.154. The molecule has 2 rings (SSSR count). The van der Waals surface area contributed by atoms with Gasteiger partial charge in [-0.15, -0.1) is 0 Å². The highest BCUT2D eigenvalue weighted by Crippen LogP contribution is 2.34. The fourth-order valence-electron chi connectivity index (χ4n) is 1.63. The molecule has 0 aliphatic rings. The van der Waals surface area contributed by atoms with Crippen molar-refractivity contribution in [3.63, 3.8) is 0 Å². The Labute approximate surface area is 114 Å². The van der Waals surface area contributed by atoms with Crippen LogP contribution in [0.2, 0.25) is 0 Å². The summed E-state index contributed by atoms with van der Waals surface area (Å²) in [5, 5.41) is 0. The predicted octanol–water partition coefficient (Wildman–Crippen LogP) is 4.93. The normalized spacial score (nSPS) is 12.5. The molecule has 2 aromatic rings. The van der Waals surface area contributed by atoms with Gasteiger partial charge in [0.15, 0.2) is 0 Å². The van der Waals surface area contributed by atoms with Crippen LogP contribution in [0.25, 0.3) is 11.3 Å². The lowest BCUT2D eigenvalue weighted by molar-refractivity contribution is -0.140. The van der Waals surface area contributed by atoms with E-state index in [0.29, 0.717) is 24.4 Å². The Morgan fingerprint density at radius 3 is 1.95 bits per heavy atom. The van der Waals surface area contributed by atoms with Crippen molar-refractivity contribution in [2.75, 3.05) is 0 Å². The molecule has 0 N–H and O–H groups in total. The van der Waals surface area contributed by atoms with Crippen molar-refractivity contribution in [3.8, 4) is 11.3 Å². The molecule has 0 radical (unpaired) electrons. The zero-order valence-corrected chi connectivity index (χ0v) is 10.1. The SMILES string of the molecule is Fc1ccc(-c2ccc(C(F)(F)F)cn2)cc1C(F)(F)F. The molecule has 21 heavy (non-hydrogen) atoms. The van der Waals surface area contributed by atoms with Gasteiger partial charge in [0.2, 0.25) is 0 Å². The molecule has 0 amide bonds. The van der Waals surface area contributed by atoms with Crippen molar-refractivity contribution in [1.29, 1.82) is 0 Å². The van der Waals surface area contributed by atoms with Gasteiger partial charge in [0.05, 0.1) is 16.8 Å². The highest BCUT2D eigenvalue weighted by atomic mass is 19.4. The predicted molar refractivity (Wildman–Crippen MR) is 59.6 cm³/mol. The molecular weight excluding hydrogens is 303 g/mol. The molecule has 0 unspecified atom stereocenters. The van der Waals surface area contributed by atoms with Crippen molar-refractivity contribution >= 4 is 0 Å². The molecule has 0 fully saturated rings. The van der Waals surface area contributed by atoms with Gasteiger partial charge in [-0.05, 0) is 30.3 Å². The van der Waals surface area contributed by atoms with E-state index in [9.17, 15) is 30.7 Å². The average Bonchev–Trinajstić information content (AvgIpc) is 2.37. The quantitative estimate of drug-likeness (QED) is 0.681. The van der Waals surface area contributed by atoms with Gasteiger partial charge in [-0.3, -0.25) is 4.98 Å². The smallest absolute Gasteiger partial charge is 0.256 e. The third-order valence-electron chi connectivity index (χ3n) is 2.66. The molecule has 0 spiro atoms. The third-order valence-corrected chi connectivity index (χ3v) is 2.66. The number of benzene rings is 1. The number of pyridine rings is 1. The number of nitrogens with zero attached hydrogens (tertiary/aromatic N) is 1. The number of alkyl halides is 6. The summed E-state index contributed by atoms with van der Waals surface area (Å²) in [5.74, 6) is -1.46. The van der Waals surface area contributed by atoms with E-state index in [-0.39, 0.29) is 11.3 Å². The van der Waals surface area contributed by atoms with Crippen LogP contribution in [0.5, 0.6) is 0 Å². The molecule has 8 heteroatoms. The van der Waals surface area contributed by atoms with E-state index in [2.05, 4.69) is 4.98 Å². The molecule has 1 heterocycles. The minimum atomic E-state index is -4.90. The maximum atomic E-state index is 13.1. The topological polar surface area (TPSA) is 12.9 Å². The van der Waals surface area contributed by atoms with E-state index in [1.807, 2.05) is 0 Å². The summed E-state index contributed by atoms with van der Waals surface area (Å²) in [5.41, 5.74) is -2.77. The van der Waals surface area contributed by atoms with E-state index in [1.54, 1.807) is 0 Å². The zero-order valence-electron chi connectivity index (χ0n) is 10.1. The first-order chi connectivity index (χ1) is 9.59. The van der Waals surface area contributed by atoms with Gasteiger partial charge in [0, 0.05) is 11.8 Å². The van der Waals surface area contributed by atoms with Crippen molar-refractivity contribution in [2.45, 2.75) is 12.4 Å². The van der Waals surface area contributed by atoms with Crippen molar-refractivity contribution < 1.29 is 30.7 Å².